The zero-order valence-electron chi connectivity index (χ0n) is 13.1. The Morgan fingerprint density at radius 3 is 2.57 bits per heavy atom. The minimum Gasteiger partial charge on any atom is -0.373 e. The van der Waals surface area contributed by atoms with Gasteiger partial charge in [-0.1, -0.05) is 36.2 Å². The second-order valence-electron chi connectivity index (χ2n) is 5.72. The van der Waals surface area contributed by atoms with Crippen LogP contribution in [0.1, 0.15) is 25.3 Å². The van der Waals surface area contributed by atoms with E-state index in [2.05, 4.69) is 0 Å². The molecule has 0 saturated carbocycles. The number of nitrogens with zero attached hydrogens (tertiary/aromatic N) is 1. The maximum atomic E-state index is 12.1. The molecule has 1 aromatic carbocycles. The number of carbonyl (C=O) groups excluding carboxylic acids is 1. The Hall–Kier alpha value is -0.520. The molecule has 1 fully saturated rings. The van der Waals surface area contributed by atoms with Gasteiger partial charge in [-0.15, -0.1) is 12.4 Å². The van der Waals surface area contributed by atoms with Gasteiger partial charge in [-0.2, -0.15) is 0 Å². The van der Waals surface area contributed by atoms with Crippen molar-refractivity contribution in [2.45, 2.75) is 32.5 Å². The fourth-order valence-electron chi connectivity index (χ4n) is 2.50. The first-order valence-electron chi connectivity index (χ1n) is 7.55. The summed E-state index contributed by atoms with van der Waals surface area (Å²) in [5, 5.41) is 1.09. The van der Waals surface area contributed by atoms with Crippen LogP contribution >= 0.6 is 35.6 Å². The highest BCUT2D eigenvalue weighted by atomic mass is 35.5. The highest BCUT2D eigenvalue weighted by Crippen LogP contribution is 2.24. The molecule has 7 heteroatoms. The Balaban J connectivity index is 0.00000264. The molecule has 2 N–H and O–H groups in total. The van der Waals surface area contributed by atoms with Gasteiger partial charge < -0.3 is 15.4 Å². The minimum atomic E-state index is -0.103. The number of amides is 1. The standard InChI is InChI=1S/C16H22Cl2N2O2.ClH/c1-11(9-19)16(21)20-6-4-13(5-7-20)22-10-12-2-3-14(17)15(18)8-12;/h2-3,8,11,13H,4-7,9-10,19H2,1H3;1H. The highest BCUT2D eigenvalue weighted by molar-refractivity contribution is 6.42. The van der Waals surface area contributed by atoms with Gasteiger partial charge in [0, 0.05) is 25.6 Å². The van der Waals surface area contributed by atoms with Crippen LogP contribution in [0.2, 0.25) is 10.0 Å². The molecule has 1 aromatic rings. The van der Waals surface area contributed by atoms with Crippen LogP contribution in [0.4, 0.5) is 0 Å². The van der Waals surface area contributed by atoms with E-state index >= 15 is 0 Å². The first kappa shape index (κ1) is 20.5. The van der Waals surface area contributed by atoms with Gasteiger partial charge in [-0.25, -0.2) is 0 Å². The van der Waals surface area contributed by atoms with Crippen LogP contribution in [0.5, 0.6) is 0 Å². The molecule has 1 aliphatic heterocycles. The van der Waals surface area contributed by atoms with Gasteiger partial charge in [0.1, 0.15) is 0 Å². The number of piperidine rings is 1. The van der Waals surface area contributed by atoms with Crippen molar-refractivity contribution in [3.63, 3.8) is 0 Å². The van der Waals surface area contributed by atoms with Gasteiger partial charge in [0.05, 0.1) is 22.8 Å². The number of halogens is 3. The SMILES string of the molecule is CC(CN)C(=O)N1CCC(OCc2ccc(Cl)c(Cl)c2)CC1.Cl. The van der Waals surface area contributed by atoms with E-state index in [4.69, 9.17) is 33.7 Å². The van der Waals surface area contributed by atoms with Crippen LogP contribution in [0.25, 0.3) is 0 Å². The van der Waals surface area contributed by atoms with Crippen molar-refractivity contribution in [2.24, 2.45) is 11.7 Å². The molecule has 1 saturated heterocycles. The monoisotopic (exact) mass is 380 g/mol. The zero-order chi connectivity index (χ0) is 16.1. The summed E-state index contributed by atoms with van der Waals surface area (Å²) < 4.78 is 5.91. The molecule has 0 spiro atoms. The molecular weight excluding hydrogens is 359 g/mol. The predicted molar refractivity (Wildman–Crippen MR) is 96.3 cm³/mol. The quantitative estimate of drug-likeness (QED) is 0.849. The second kappa shape index (κ2) is 9.70. The van der Waals surface area contributed by atoms with Gasteiger partial charge in [0.15, 0.2) is 0 Å². The Bertz CT molecular complexity index is 520. The smallest absolute Gasteiger partial charge is 0.226 e. The summed E-state index contributed by atoms with van der Waals surface area (Å²) in [6, 6.07) is 5.51. The third-order valence-electron chi connectivity index (χ3n) is 4.00. The first-order chi connectivity index (χ1) is 10.5. The van der Waals surface area contributed by atoms with Crippen molar-refractivity contribution >= 4 is 41.5 Å². The molecule has 0 aliphatic carbocycles. The molecular formula is C16H23Cl3N2O2. The predicted octanol–water partition coefficient (Wildman–Crippen LogP) is 3.52. The Morgan fingerprint density at radius 2 is 2.00 bits per heavy atom. The van der Waals surface area contributed by atoms with Gasteiger partial charge in [-0.3, -0.25) is 4.79 Å². The number of rotatable bonds is 5. The number of carbonyl (C=O) groups is 1. The second-order valence-corrected chi connectivity index (χ2v) is 6.54. The summed E-state index contributed by atoms with van der Waals surface area (Å²) in [6.07, 6.45) is 1.88. The van der Waals surface area contributed by atoms with E-state index in [0.29, 0.717) is 23.2 Å². The van der Waals surface area contributed by atoms with Gasteiger partial charge in [-0.05, 0) is 30.5 Å². The summed E-state index contributed by atoms with van der Waals surface area (Å²) in [5.74, 6) is 0.0408. The third kappa shape index (κ3) is 5.80. The van der Waals surface area contributed by atoms with E-state index in [0.717, 1.165) is 31.5 Å². The molecule has 23 heavy (non-hydrogen) atoms. The van der Waals surface area contributed by atoms with E-state index in [1.807, 2.05) is 24.0 Å². The molecule has 4 nitrogen and oxygen atoms in total. The van der Waals surface area contributed by atoms with E-state index in [9.17, 15) is 4.79 Å². The number of ether oxygens (including phenoxy) is 1. The number of nitrogens with two attached hydrogens (primary N) is 1. The largest absolute Gasteiger partial charge is 0.373 e. The zero-order valence-corrected chi connectivity index (χ0v) is 15.5. The normalized spacial score (nSPS) is 16.8. The van der Waals surface area contributed by atoms with Crippen molar-refractivity contribution < 1.29 is 9.53 Å². The third-order valence-corrected chi connectivity index (χ3v) is 4.74. The molecule has 130 valence electrons. The highest BCUT2D eigenvalue weighted by Gasteiger charge is 2.25. The van der Waals surface area contributed by atoms with Crippen molar-refractivity contribution in [2.75, 3.05) is 19.6 Å². The van der Waals surface area contributed by atoms with Gasteiger partial charge in [0.2, 0.25) is 5.91 Å². The van der Waals surface area contributed by atoms with Crippen LogP contribution in [0, 0.1) is 5.92 Å². The summed E-state index contributed by atoms with van der Waals surface area (Å²) >= 11 is 11.9. The van der Waals surface area contributed by atoms with Crippen LogP contribution in [-0.4, -0.2) is 36.5 Å². The van der Waals surface area contributed by atoms with E-state index < -0.39 is 0 Å². The molecule has 1 aliphatic rings. The number of hydrogen-bond donors (Lipinski definition) is 1. The fraction of sp³-hybridized carbons (Fsp3) is 0.562. The number of benzene rings is 1. The lowest BCUT2D eigenvalue weighted by atomic mass is 10.0. The van der Waals surface area contributed by atoms with Crippen LogP contribution in [-0.2, 0) is 16.1 Å². The van der Waals surface area contributed by atoms with E-state index in [1.54, 1.807) is 6.07 Å². The lowest BCUT2D eigenvalue weighted by molar-refractivity contribution is -0.137. The molecule has 2 rings (SSSR count). The molecule has 1 unspecified atom stereocenters. The van der Waals surface area contributed by atoms with Crippen LogP contribution in [0.3, 0.4) is 0 Å². The lowest BCUT2D eigenvalue weighted by Crippen LogP contribution is -2.44. The van der Waals surface area contributed by atoms with Gasteiger partial charge >= 0.3 is 0 Å². The topological polar surface area (TPSA) is 55.6 Å². The summed E-state index contributed by atoms with van der Waals surface area (Å²) in [5.41, 5.74) is 6.55. The van der Waals surface area contributed by atoms with E-state index in [-0.39, 0.29) is 30.3 Å². The number of hydrogen-bond acceptors (Lipinski definition) is 3. The Kier molecular flexibility index (Phi) is 8.65. The van der Waals surface area contributed by atoms with Gasteiger partial charge in [0.25, 0.3) is 0 Å². The molecule has 1 amide bonds. The maximum Gasteiger partial charge on any atom is 0.226 e. The summed E-state index contributed by atoms with van der Waals surface area (Å²) in [6.45, 7) is 4.24. The Labute approximate surface area is 153 Å². The first-order valence-corrected chi connectivity index (χ1v) is 8.31. The molecule has 1 atom stereocenters. The van der Waals surface area contributed by atoms with Crippen LogP contribution in [0.15, 0.2) is 18.2 Å². The molecule has 0 aromatic heterocycles. The molecule has 1 heterocycles. The van der Waals surface area contributed by atoms with Crippen molar-refractivity contribution in [3.8, 4) is 0 Å². The summed E-state index contributed by atoms with van der Waals surface area (Å²) in [7, 11) is 0. The molecule has 0 bridgehead atoms. The van der Waals surface area contributed by atoms with Crippen molar-refractivity contribution in [3.05, 3.63) is 33.8 Å². The average molecular weight is 382 g/mol. The Morgan fingerprint density at radius 1 is 1.35 bits per heavy atom. The lowest BCUT2D eigenvalue weighted by Gasteiger charge is -2.33. The number of likely N-dealkylation sites (tertiary alicyclic amines) is 1. The van der Waals surface area contributed by atoms with Crippen molar-refractivity contribution in [1.29, 1.82) is 0 Å². The minimum absolute atomic E-state index is 0. The maximum absolute atomic E-state index is 12.1. The van der Waals surface area contributed by atoms with Crippen LogP contribution < -0.4 is 5.73 Å². The van der Waals surface area contributed by atoms with Crippen molar-refractivity contribution in [1.82, 2.24) is 4.90 Å². The molecule has 0 radical (unpaired) electrons. The fourth-order valence-corrected chi connectivity index (χ4v) is 2.82. The summed E-state index contributed by atoms with van der Waals surface area (Å²) in [4.78, 5) is 13.9. The van der Waals surface area contributed by atoms with E-state index in [1.165, 1.54) is 0 Å². The average Bonchev–Trinajstić information content (AvgIpc) is 2.55.